The number of halogens is 1. The van der Waals surface area contributed by atoms with Gasteiger partial charge in [0.1, 0.15) is 18.2 Å². The van der Waals surface area contributed by atoms with Crippen LogP contribution in [0.1, 0.15) is 22.7 Å². The first-order valence-corrected chi connectivity index (χ1v) is 9.76. The molecule has 0 aromatic heterocycles. The Bertz CT molecular complexity index is 859. The molecule has 0 amide bonds. The minimum absolute atomic E-state index is 0.117. The molecular weight excluding hydrogens is 351 g/mol. The van der Waals surface area contributed by atoms with Gasteiger partial charge in [0.25, 0.3) is 0 Å². The molecule has 1 atom stereocenters. The summed E-state index contributed by atoms with van der Waals surface area (Å²) in [5.74, 6) is 0.651. The van der Waals surface area contributed by atoms with Crippen LogP contribution in [0.4, 0.5) is 4.39 Å². The minimum atomic E-state index is -0.201. The monoisotopic (exact) mass is 376 g/mol. The zero-order valence-corrected chi connectivity index (χ0v) is 15.9. The Morgan fingerprint density at radius 1 is 0.821 bits per heavy atom. The van der Waals surface area contributed by atoms with Crippen molar-refractivity contribution in [1.82, 2.24) is 10.2 Å². The average Bonchev–Trinajstić information content (AvgIpc) is 2.76. The Balaban J connectivity index is 1.53. The zero-order chi connectivity index (χ0) is 19.2. The van der Waals surface area contributed by atoms with Gasteiger partial charge in [-0.1, -0.05) is 54.6 Å². The Kier molecular flexibility index (Phi) is 6.00. The van der Waals surface area contributed by atoms with E-state index >= 15 is 0 Å². The van der Waals surface area contributed by atoms with Crippen LogP contribution in [0.5, 0.6) is 5.75 Å². The fraction of sp³-hybridized carbons (Fsp3) is 0.250. The third-order valence-electron chi connectivity index (χ3n) is 5.15. The summed E-state index contributed by atoms with van der Waals surface area (Å²) in [5.41, 5.74) is 3.46. The second-order valence-electron chi connectivity index (χ2n) is 7.08. The van der Waals surface area contributed by atoms with Crippen LogP contribution < -0.4 is 10.1 Å². The van der Waals surface area contributed by atoms with Crippen molar-refractivity contribution >= 4 is 0 Å². The molecule has 0 spiro atoms. The maximum absolute atomic E-state index is 13.4. The fourth-order valence-corrected chi connectivity index (χ4v) is 3.69. The topological polar surface area (TPSA) is 24.5 Å². The highest BCUT2D eigenvalue weighted by atomic mass is 19.1. The fourth-order valence-electron chi connectivity index (χ4n) is 3.69. The van der Waals surface area contributed by atoms with E-state index in [1.807, 2.05) is 42.5 Å². The molecule has 1 aliphatic rings. The van der Waals surface area contributed by atoms with Crippen LogP contribution in [0.25, 0.3) is 0 Å². The molecule has 1 unspecified atom stereocenters. The maximum atomic E-state index is 13.4. The van der Waals surface area contributed by atoms with E-state index in [2.05, 4.69) is 34.5 Å². The smallest absolute Gasteiger partial charge is 0.123 e. The van der Waals surface area contributed by atoms with Gasteiger partial charge >= 0.3 is 0 Å². The first-order valence-electron chi connectivity index (χ1n) is 9.76. The Morgan fingerprint density at radius 2 is 1.43 bits per heavy atom. The molecule has 28 heavy (non-hydrogen) atoms. The molecule has 1 heterocycles. The van der Waals surface area contributed by atoms with Gasteiger partial charge in [-0.25, -0.2) is 4.39 Å². The average molecular weight is 376 g/mol. The van der Waals surface area contributed by atoms with Gasteiger partial charge in [-0.05, 0) is 41.0 Å². The quantitative estimate of drug-likeness (QED) is 0.690. The highest BCUT2D eigenvalue weighted by Crippen LogP contribution is 2.30. The standard InChI is InChI=1S/C24H25FN2O/c25-22-10-6-20(7-11-22)24(27-16-14-26-15-17-27)21-8-12-23(13-9-21)28-18-19-4-2-1-3-5-19/h1-13,24,26H,14-18H2. The lowest BCUT2D eigenvalue weighted by Crippen LogP contribution is -2.45. The van der Waals surface area contributed by atoms with Gasteiger partial charge in [0, 0.05) is 26.2 Å². The van der Waals surface area contributed by atoms with Crippen molar-refractivity contribution in [2.45, 2.75) is 12.6 Å². The molecule has 0 saturated carbocycles. The van der Waals surface area contributed by atoms with Gasteiger partial charge in [-0.3, -0.25) is 4.90 Å². The van der Waals surface area contributed by atoms with Crippen LogP contribution in [0.2, 0.25) is 0 Å². The van der Waals surface area contributed by atoms with Gasteiger partial charge in [-0.15, -0.1) is 0 Å². The van der Waals surface area contributed by atoms with Crippen molar-refractivity contribution in [1.29, 1.82) is 0 Å². The number of rotatable bonds is 6. The SMILES string of the molecule is Fc1ccc(C(c2ccc(OCc3ccccc3)cc2)N2CCNCC2)cc1. The molecule has 3 nitrogen and oxygen atoms in total. The first-order chi connectivity index (χ1) is 13.8. The largest absolute Gasteiger partial charge is 0.489 e. The number of hydrogen-bond donors (Lipinski definition) is 1. The molecule has 144 valence electrons. The van der Waals surface area contributed by atoms with Crippen molar-refractivity contribution in [2.75, 3.05) is 26.2 Å². The van der Waals surface area contributed by atoms with E-state index in [-0.39, 0.29) is 11.9 Å². The third-order valence-corrected chi connectivity index (χ3v) is 5.15. The summed E-state index contributed by atoms with van der Waals surface area (Å²) in [6.07, 6.45) is 0. The molecule has 4 rings (SSSR count). The highest BCUT2D eigenvalue weighted by Gasteiger charge is 2.24. The Morgan fingerprint density at radius 3 is 2.07 bits per heavy atom. The Hall–Kier alpha value is -2.69. The van der Waals surface area contributed by atoms with Crippen LogP contribution in [0.15, 0.2) is 78.9 Å². The van der Waals surface area contributed by atoms with Gasteiger partial charge < -0.3 is 10.1 Å². The first kappa shape index (κ1) is 18.7. The van der Waals surface area contributed by atoms with E-state index in [1.165, 1.54) is 5.56 Å². The number of nitrogens with one attached hydrogen (secondary N) is 1. The van der Waals surface area contributed by atoms with Crippen LogP contribution in [-0.2, 0) is 6.61 Å². The van der Waals surface area contributed by atoms with Crippen molar-refractivity contribution in [3.05, 3.63) is 101 Å². The van der Waals surface area contributed by atoms with Gasteiger partial charge in [0.2, 0.25) is 0 Å². The molecule has 3 aromatic carbocycles. The van der Waals surface area contributed by atoms with Crippen molar-refractivity contribution < 1.29 is 9.13 Å². The molecule has 0 bridgehead atoms. The van der Waals surface area contributed by atoms with Gasteiger partial charge in [0.05, 0.1) is 6.04 Å². The second kappa shape index (κ2) is 9.00. The summed E-state index contributed by atoms with van der Waals surface area (Å²) in [7, 11) is 0. The third kappa shape index (κ3) is 4.58. The number of piperazine rings is 1. The van der Waals surface area contributed by atoms with Crippen molar-refractivity contribution in [2.24, 2.45) is 0 Å². The molecular formula is C24H25FN2O. The van der Waals surface area contributed by atoms with Crippen molar-refractivity contribution in [3.63, 3.8) is 0 Å². The predicted octanol–water partition coefficient (Wildman–Crippen LogP) is 4.40. The Labute approximate surface area is 165 Å². The molecule has 1 aliphatic heterocycles. The lowest BCUT2D eigenvalue weighted by Gasteiger charge is -2.35. The summed E-state index contributed by atoms with van der Waals surface area (Å²) >= 11 is 0. The second-order valence-corrected chi connectivity index (χ2v) is 7.08. The lowest BCUT2D eigenvalue weighted by atomic mass is 9.96. The summed E-state index contributed by atoms with van der Waals surface area (Å²) < 4.78 is 19.4. The molecule has 3 aromatic rings. The number of nitrogens with zero attached hydrogens (tertiary/aromatic N) is 1. The van der Waals surface area contributed by atoms with Crippen LogP contribution in [0, 0.1) is 5.82 Å². The lowest BCUT2D eigenvalue weighted by molar-refractivity contribution is 0.198. The van der Waals surface area contributed by atoms with E-state index in [4.69, 9.17) is 4.74 Å². The zero-order valence-electron chi connectivity index (χ0n) is 15.9. The number of benzene rings is 3. The van der Waals surface area contributed by atoms with E-state index < -0.39 is 0 Å². The van der Waals surface area contributed by atoms with Gasteiger partial charge in [-0.2, -0.15) is 0 Å². The van der Waals surface area contributed by atoms with E-state index in [0.29, 0.717) is 6.61 Å². The molecule has 1 saturated heterocycles. The number of hydrogen-bond acceptors (Lipinski definition) is 3. The van der Waals surface area contributed by atoms with Crippen LogP contribution in [0.3, 0.4) is 0 Å². The summed E-state index contributed by atoms with van der Waals surface area (Å²) in [6, 6.07) is 25.4. The van der Waals surface area contributed by atoms with E-state index in [1.54, 1.807) is 12.1 Å². The van der Waals surface area contributed by atoms with E-state index in [0.717, 1.165) is 43.1 Å². The maximum Gasteiger partial charge on any atom is 0.123 e. The molecule has 1 N–H and O–H groups in total. The highest BCUT2D eigenvalue weighted by molar-refractivity contribution is 5.36. The summed E-state index contributed by atoms with van der Waals surface area (Å²) in [5, 5.41) is 3.40. The van der Waals surface area contributed by atoms with E-state index in [9.17, 15) is 4.39 Å². The van der Waals surface area contributed by atoms with Gasteiger partial charge in [0.15, 0.2) is 0 Å². The normalized spacial score (nSPS) is 15.9. The molecule has 1 fully saturated rings. The molecule has 4 heteroatoms. The van der Waals surface area contributed by atoms with Crippen LogP contribution >= 0.6 is 0 Å². The minimum Gasteiger partial charge on any atom is -0.489 e. The summed E-state index contributed by atoms with van der Waals surface area (Å²) in [6.45, 7) is 4.42. The molecule has 0 aliphatic carbocycles. The predicted molar refractivity (Wildman–Crippen MR) is 110 cm³/mol. The molecule has 0 radical (unpaired) electrons. The van der Waals surface area contributed by atoms with Crippen molar-refractivity contribution in [3.8, 4) is 5.75 Å². The number of ether oxygens (including phenoxy) is 1. The summed E-state index contributed by atoms with van der Waals surface area (Å²) in [4.78, 5) is 2.45. The van der Waals surface area contributed by atoms with Crippen LogP contribution in [-0.4, -0.2) is 31.1 Å².